The number of hydrogen-bond acceptors (Lipinski definition) is 4. The highest BCUT2D eigenvalue weighted by molar-refractivity contribution is 7.18. The molecule has 110 valence electrons. The lowest BCUT2D eigenvalue weighted by Crippen LogP contribution is -2.12. The summed E-state index contributed by atoms with van der Waals surface area (Å²) in [7, 11) is 0. The van der Waals surface area contributed by atoms with Gasteiger partial charge in [-0.1, -0.05) is 6.07 Å². The van der Waals surface area contributed by atoms with Crippen molar-refractivity contribution in [3.63, 3.8) is 0 Å². The molecule has 2 rings (SSSR count). The fourth-order valence-corrected chi connectivity index (χ4v) is 2.43. The number of benzene rings is 1. The van der Waals surface area contributed by atoms with Crippen LogP contribution >= 0.6 is 11.3 Å². The molecule has 0 aliphatic rings. The Bertz CT molecular complexity index is 663. The van der Waals surface area contributed by atoms with Crippen molar-refractivity contribution < 1.29 is 19.4 Å². The summed E-state index contributed by atoms with van der Waals surface area (Å²) < 4.78 is 5.54. The van der Waals surface area contributed by atoms with Gasteiger partial charge in [-0.2, -0.15) is 0 Å². The predicted molar refractivity (Wildman–Crippen MR) is 81.4 cm³/mol. The second kappa shape index (κ2) is 6.41. The monoisotopic (exact) mass is 305 g/mol. The van der Waals surface area contributed by atoms with E-state index < -0.39 is 5.97 Å². The van der Waals surface area contributed by atoms with E-state index in [1.165, 1.54) is 6.07 Å². The van der Waals surface area contributed by atoms with Crippen molar-refractivity contribution in [1.82, 2.24) is 0 Å². The van der Waals surface area contributed by atoms with Crippen LogP contribution in [0.4, 0.5) is 5.00 Å². The molecule has 1 aromatic carbocycles. The Kier molecular flexibility index (Phi) is 4.59. The van der Waals surface area contributed by atoms with E-state index in [-0.39, 0.29) is 16.9 Å². The number of nitrogens with one attached hydrogen (secondary N) is 1. The average Bonchev–Trinajstić information content (AvgIpc) is 2.87. The molecule has 5 nitrogen and oxygen atoms in total. The molecule has 0 saturated heterocycles. The SMILES string of the molecule is CC(C)Oc1cccc(C(=O)Nc2ccc(C(=O)O)s2)c1. The number of hydrogen-bond donors (Lipinski definition) is 2. The molecular formula is C15H15NO4S. The molecule has 2 aromatic rings. The Morgan fingerprint density at radius 3 is 2.62 bits per heavy atom. The first-order chi connectivity index (χ1) is 9.95. The minimum absolute atomic E-state index is 0.0266. The van der Waals surface area contributed by atoms with Crippen LogP contribution in [0.25, 0.3) is 0 Å². The Morgan fingerprint density at radius 1 is 1.24 bits per heavy atom. The molecule has 0 atom stereocenters. The van der Waals surface area contributed by atoms with Crippen LogP contribution in [0.2, 0.25) is 0 Å². The van der Waals surface area contributed by atoms with Gasteiger partial charge in [0.2, 0.25) is 0 Å². The van der Waals surface area contributed by atoms with Crippen molar-refractivity contribution in [3.8, 4) is 5.75 Å². The number of carbonyl (C=O) groups is 2. The van der Waals surface area contributed by atoms with E-state index in [0.29, 0.717) is 16.3 Å². The molecule has 0 fully saturated rings. The van der Waals surface area contributed by atoms with E-state index in [0.717, 1.165) is 11.3 Å². The minimum atomic E-state index is -1.01. The zero-order valence-corrected chi connectivity index (χ0v) is 12.4. The maximum Gasteiger partial charge on any atom is 0.345 e. The first-order valence-electron chi connectivity index (χ1n) is 6.37. The molecule has 0 radical (unpaired) electrons. The summed E-state index contributed by atoms with van der Waals surface area (Å²) in [4.78, 5) is 23.1. The van der Waals surface area contributed by atoms with Crippen molar-refractivity contribution in [2.45, 2.75) is 20.0 Å². The van der Waals surface area contributed by atoms with Gasteiger partial charge in [0, 0.05) is 5.56 Å². The van der Waals surface area contributed by atoms with Crippen LogP contribution in [-0.2, 0) is 0 Å². The standard InChI is InChI=1S/C15H15NO4S/c1-9(2)20-11-5-3-4-10(8-11)14(17)16-13-7-6-12(21-13)15(18)19/h3-9H,1-2H3,(H,16,17)(H,18,19). The number of carboxylic acids is 1. The van der Waals surface area contributed by atoms with E-state index in [4.69, 9.17) is 9.84 Å². The topological polar surface area (TPSA) is 75.6 Å². The van der Waals surface area contributed by atoms with Crippen molar-refractivity contribution >= 4 is 28.2 Å². The maximum absolute atomic E-state index is 12.1. The van der Waals surface area contributed by atoms with Crippen molar-refractivity contribution in [1.29, 1.82) is 0 Å². The molecular weight excluding hydrogens is 290 g/mol. The fraction of sp³-hybridized carbons (Fsp3) is 0.200. The number of aromatic carboxylic acids is 1. The van der Waals surface area contributed by atoms with Gasteiger partial charge >= 0.3 is 5.97 Å². The van der Waals surface area contributed by atoms with E-state index in [1.807, 2.05) is 13.8 Å². The Morgan fingerprint density at radius 2 is 2.00 bits per heavy atom. The third-order valence-electron chi connectivity index (χ3n) is 2.52. The quantitative estimate of drug-likeness (QED) is 0.886. The highest BCUT2D eigenvalue weighted by atomic mass is 32.1. The van der Waals surface area contributed by atoms with Crippen LogP contribution in [-0.4, -0.2) is 23.1 Å². The molecule has 0 aliphatic heterocycles. The second-order valence-electron chi connectivity index (χ2n) is 4.62. The lowest BCUT2D eigenvalue weighted by molar-refractivity contribution is 0.0702. The number of thiophene rings is 1. The van der Waals surface area contributed by atoms with Crippen LogP contribution in [0.1, 0.15) is 33.9 Å². The Labute approximate surface area is 126 Å². The molecule has 0 bridgehead atoms. The normalized spacial score (nSPS) is 10.4. The Hall–Kier alpha value is -2.34. The van der Waals surface area contributed by atoms with Crippen molar-refractivity contribution in [3.05, 3.63) is 46.8 Å². The van der Waals surface area contributed by atoms with Gasteiger partial charge in [0.25, 0.3) is 5.91 Å². The zero-order valence-electron chi connectivity index (χ0n) is 11.6. The summed E-state index contributed by atoms with van der Waals surface area (Å²) >= 11 is 1.02. The van der Waals surface area contributed by atoms with Gasteiger partial charge < -0.3 is 15.2 Å². The van der Waals surface area contributed by atoms with Gasteiger partial charge in [0.1, 0.15) is 10.6 Å². The van der Waals surface area contributed by atoms with Crippen LogP contribution in [0, 0.1) is 0 Å². The summed E-state index contributed by atoms with van der Waals surface area (Å²) in [6, 6.07) is 9.88. The number of ether oxygens (including phenoxy) is 1. The van der Waals surface area contributed by atoms with Crippen LogP contribution in [0.3, 0.4) is 0 Å². The zero-order chi connectivity index (χ0) is 15.4. The second-order valence-corrected chi connectivity index (χ2v) is 5.70. The van der Waals surface area contributed by atoms with E-state index in [2.05, 4.69) is 5.32 Å². The first kappa shape index (κ1) is 15.1. The van der Waals surface area contributed by atoms with Gasteiger partial charge in [-0.05, 0) is 44.2 Å². The van der Waals surface area contributed by atoms with Gasteiger partial charge in [0.15, 0.2) is 0 Å². The van der Waals surface area contributed by atoms with Crippen LogP contribution in [0.15, 0.2) is 36.4 Å². The maximum atomic E-state index is 12.1. The number of anilines is 1. The molecule has 21 heavy (non-hydrogen) atoms. The smallest absolute Gasteiger partial charge is 0.345 e. The van der Waals surface area contributed by atoms with Gasteiger partial charge in [-0.3, -0.25) is 4.79 Å². The summed E-state index contributed by atoms with van der Waals surface area (Å²) in [5.74, 6) is -0.689. The van der Waals surface area contributed by atoms with Gasteiger partial charge in [0.05, 0.1) is 11.1 Å². The minimum Gasteiger partial charge on any atom is -0.491 e. The van der Waals surface area contributed by atoms with Gasteiger partial charge in [-0.25, -0.2) is 4.79 Å². The van der Waals surface area contributed by atoms with Crippen molar-refractivity contribution in [2.75, 3.05) is 5.32 Å². The Balaban J connectivity index is 2.10. The lowest BCUT2D eigenvalue weighted by Gasteiger charge is -2.10. The van der Waals surface area contributed by atoms with Crippen LogP contribution < -0.4 is 10.1 Å². The highest BCUT2D eigenvalue weighted by Gasteiger charge is 2.11. The highest BCUT2D eigenvalue weighted by Crippen LogP contribution is 2.23. The van der Waals surface area contributed by atoms with E-state index in [9.17, 15) is 9.59 Å². The lowest BCUT2D eigenvalue weighted by atomic mass is 10.2. The molecule has 2 N–H and O–H groups in total. The number of rotatable bonds is 5. The summed E-state index contributed by atoms with van der Waals surface area (Å²) in [6.45, 7) is 3.82. The number of amides is 1. The summed E-state index contributed by atoms with van der Waals surface area (Å²) in [5.41, 5.74) is 0.457. The molecule has 1 amide bonds. The third kappa shape index (κ3) is 4.06. The molecule has 0 saturated carbocycles. The molecule has 0 unspecified atom stereocenters. The first-order valence-corrected chi connectivity index (χ1v) is 7.18. The number of carbonyl (C=O) groups excluding carboxylic acids is 1. The third-order valence-corrected chi connectivity index (χ3v) is 3.51. The van der Waals surface area contributed by atoms with Crippen molar-refractivity contribution in [2.24, 2.45) is 0 Å². The predicted octanol–water partition coefficient (Wildman–Crippen LogP) is 3.49. The van der Waals surface area contributed by atoms with E-state index in [1.54, 1.807) is 30.3 Å². The number of carboxylic acid groups (broad SMARTS) is 1. The molecule has 1 heterocycles. The van der Waals surface area contributed by atoms with E-state index >= 15 is 0 Å². The largest absolute Gasteiger partial charge is 0.491 e. The van der Waals surface area contributed by atoms with Gasteiger partial charge in [-0.15, -0.1) is 11.3 Å². The molecule has 1 aromatic heterocycles. The molecule has 0 spiro atoms. The molecule has 6 heteroatoms. The van der Waals surface area contributed by atoms with Crippen LogP contribution in [0.5, 0.6) is 5.75 Å². The summed E-state index contributed by atoms with van der Waals surface area (Å²) in [5, 5.41) is 12.0. The molecule has 0 aliphatic carbocycles. The summed E-state index contributed by atoms with van der Waals surface area (Å²) in [6.07, 6.45) is 0.0266. The average molecular weight is 305 g/mol. The fourth-order valence-electron chi connectivity index (χ4n) is 1.69.